The molecular formula is C18H17F3N2O4. The highest BCUT2D eigenvalue weighted by Gasteiger charge is 2.28. The van der Waals surface area contributed by atoms with Gasteiger partial charge in [-0.15, -0.1) is 0 Å². The van der Waals surface area contributed by atoms with Gasteiger partial charge in [-0.2, -0.15) is 13.2 Å². The minimum atomic E-state index is -4.43. The first-order chi connectivity index (χ1) is 12.7. The molecule has 0 fully saturated rings. The Labute approximate surface area is 153 Å². The number of alkyl halides is 3. The Bertz CT molecular complexity index is 790. The van der Waals surface area contributed by atoms with Crippen LogP contribution in [0.5, 0.6) is 5.75 Å². The van der Waals surface area contributed by atoms with Gasteiger partial charge in [0.25, 0.3) is 5.91 Å². The van der Waals surface area contributed by atoms with Crippen LogP contribution < -0.4 is 15.0 Å². The van der Waals surface area contributed by atoms with Gasteiger partial charge in [0, 0.05) is 24.0 Å². The number of ether oxygens (including phenoxy) is 2. The molecule has 0 saturated carbocycles. The first-order valence-corrected chi connectivity index (χ1v) is 7.72. The standard InChI is InChI=1S/C18H17F3N2O4/c1-23(17(25)26-2)14-7-5-13(6-8-14)22-16(24)12-3-9-15(10-4-12)27-11-18(19,20)21/h3-10H,11H2,1-2H3,(H,22,24). The van der Waals surface area contributed by atoms with Crippen molar-refractivity contribution in [2.24, 2.45) is 0 Å². The monoisotopic (exact) mass is 382 g/mol. The van der Waals surface area contributed by atoms with Crippen LogP contribution in [0.25, 0.3) is 0 Å². The average Bonchev–Trinajstić information content (AvgIpc) is 2.65. The van der Waals surface area contributed by atoms with E-state index in [1.807, 2.05) is 0 Å². The summed E-state index contributed by atoms with van der Waals surface area (Å²) >= 11 is 0. The maximum Gasteiger partial charge on any atom is 0.422 e. The molecule has 144 valence electrons. The molecule has 2 amide bonds. The van der Waals surface area contributed by atoms with Crippen molar-refractivity contribution in [3.05, 3.63) is 54.1 Å². The molecule has 0 radical (unpaired) electrons. The van der Waals surface area contributed by atoms with Gasteiger partial charge >= 0.3 is 12.3 Å². The van der Waals surface area contributed by atoms with E-state index in [2.05, 4.69) is 14.8 Å². The molecule has 0 atom stereocenters. The molecule has 2 aromatic carbocycles. The van der Waals surface area contributed by atoms with Gasteiger partial charge in [-0.25, -0.2) is 4.79 Å². The van der Waals surface area contributed by atoms with E-state index in [0.29, 0.717) is 11.4 Å². The van der Waals surface area contributed by atoms with Crippen molar-refractivity contribution in [3.8, 4) is 5.75 Å². The summed E-state index contributed by atoms with van der Waals surface area (Å²) in [4.78, 5) is 24.9. The molecular weight excluding hydrogens is 365 g/mol. The molecule has 27 heavy (non-hydrogen) atoms. The Morgan fingerprint density at radius 2 is 1.63 bits per heavy atom. The second-order valence-electron chi connectivity index (χ2n) is 5.46. The number of benzene rings is 2. The summed E-state index contributed by atoms with van der Waals surface area (Å²) in [6, 6.07) is 11.8. The smallest absolute Gasteiger partial charge is 0.422 e. The number of nitrogens with one attached hydrogen (secondary N) is 1. The van der Waals surface area contributed by atoms with Gasteiger partial charge < -0.3 is 14.8 Å². The summed E-state index contributed by atoms with van der Waals surface area (Å²) < 4.78 is 45.5. The normalized spacial score (nSPS) is 10.9. The van der Waals surface area contributed by atoms with E-state index < -0.39 is 24.8 Å². The van der Waals surface area contributed by atoms with Crippen LogP contribution in [0.2, 0.25) is 0 Å². The molecule has 0 bridgehead atoms. The predicted octanol–water partition coefficient (Wildman–Crippen LogP) is 4.08. The third-order valence-electron chi connectivity index (χ3n) is 3.48. The van der Waals surface area contributed by atoms with Crippen molar-refractivity contribution in [2.45, 2.75) is 6.18 Å². The van der Waals surface area contributed by atoms with E-state index in [4.69, 9.17) is 0 Å². The Hall–Kier alpha value is -3.23. The van der Waals surface area contributed by atoms with Crippen molar-refractivity contribution in [3.63, 3.8) is 0 Å². The Morgan fingerprint density at radius 3 is 2.15 bits per heavy atom. The first kappa shape index (κ1) is 20.1. The van der Waals surface area contributed by atoms with E-state index in [0.717, 1.165) is 0 Å². The minimum absolute atomic E-state index is 0.0130. The van der Waals surface area contributed by atoms with E-state index in [-0.39, 0.29) is 11.3 Å². The Balaban J connectivity index is 1.97. The number of halogens is 3. The van der Waals surface area contributed by atoms with E-state index >= 15 is 0 Å². The zero-order chi connectivity index (χ0) is 20.0. The molecule has 2 rings (SSSR count). The van der Waals surface area contributed by atoms with Gasteiger partial charge in [0.2, 0.25) is 0 Å². The summed E-state index contributed by atoms with van der Waals surface area (Å²) in [5.74, 6) is -0.425. The zero-order valence-corrected chi connectivity index (χ0v) is 14.5. The number of rotatable bonds is 5. The lowest BCUT2D eigenvalue weighted by Crippen LogP contribution is -2.25. The van der Waals surface area contributed by atoms with Crippen LogP contribution in [-0.4, -0.2) is 38.9 Å². The molecule has 0 aromatic heterocycles. The fraction of sp³-hybridized carbons (Fsp3) is 0.222. The number of carbonyl (C=O) groups is 2. The highest BCUT2D eigenvalue weighted by atomic mass is 19.4. The second kappa shape index (κ2) is 8.43. The van der Waals surface area contributed by atoms with Crippen LogP contribution in [0.4, 0.5) is 29.3 Å². The van der Waals surface area contributed by atoms with Crippen LogP contribution >= 0.6 is 0 Å². The molecule has 0 aliphatic rings. The minimum Gasteiger partial charge on any atom is -0.484 e. The zero-order valence-electron chi connectivity index (χ0n) is 14.5. The molecule has 6 nitrogen and oxygen atoms in total. The molecule has 0 unspecified atom stereocenters. The summed E-state index contributed by atoms with van der Waals surface area (Å²) in [6.45, 7) is -1.40. The van der Waals surface area contributed by atoms with Gasteiger partial charge in [-0.3, -0.25) is 9.69 Å². The van der Waals surface area contributed by atoms with Crippen molar-refractivity contribution in [2.75, 3.05) is 31.0 Å². The van der Waals surface area contributed by atoms with Crippen LogP contribution in [-0.2, 0) is 4.74 Å². The fourth-order valence-electron chi connectivity index (χ4n) is 2.08. The molecule has 9 heteroatoms. The van der Waals surface area contributed by atoms with Crippen LogP contribution in [0.3, 0.4) is 0 Å². The molecule has 2 aromatic rings. The van der Waals surface area contributed by atoms with Crippen molar-refractivity contribution in [1.82, 2.24) is 0 Å². The third kappa shape index (κ3) is 5.91. The number of hydrogen-bond acceptors (Lipinski definition) is 4. The number of hydrogen-bond donors (Lipinski definition) is 1. The third-order valence-corrected chi connectivity index (χ3v) is 3.48. The Morgan fingerprint density at radius 1 is 1.04 bits per heavy atom. The predicted molar refractivity (Wildman–Crippen MR) is 93.2 cm³/mol. The maximum absolute atomic E-state index is 12.2. The summed E-state index contributed by atoms with van der Waals surface area (Å²) in [5, 5.41) is 2.65. The topological polar surface area (TPSA) is 67.9 Å². The number of carbonyl (C=O) groups excluding carboxylic acids is 2. The van der Waals surface area contributed by atoms with Gasteiger partial charge in [-0.05, 0) is 48.5 Å². The quantitative estimate of drug-likeness (QED) is 0.846. The van der Waals surface area contributed by atoms with Gasteiger partial charge in [0.05, 0.1) is 7.11 Å². The number of nitrogens with zero attached hydrogens (tertiary/aromatic N) is 1. The van der Waals surface area contributed by atoms with Crippen LogP contribution in [0.15, 0.2) is 48.5 Å². The Kier molecular flexibility index (Phi) is 6.27. The van der Waals surface area contributed by atoms with Crippen molar-refractivity contribution >= 4 is 23.4 Å². The number of anilines is 2. The maximum atomic E-state index is 12.2. The van der Waals surface area contributed by atoms with E-state index in [1.165, 1.54) is 36.3 Å². The van der Waals surface area contributed by atoms with Crippen molar-refractivity contribution < 1.29 is 32.2 Å². The van der Waals surface area contributed by atoms with Gasteiger partial charge in [-0.1, -0.05) is 0 Å². The highest BCUT2D eigenvalue weighted by molar-refractivity contribution is 6.04. The fourth-order valence-corrected chi connectivity index (χ4v) is 2.08. The lowest BCUT2D eigenvalue weighted by molar-refractivity contribution is -0.153. The lowest BCUT2D eigenvalue weighted by atomic mass is 10.2. The summed E-state index contributed by atoms with van der Waals surface area (Å²) in [7, 11) is 2.81. The molecule has 0 saturated heterocycles. The molecule has 0 aliphatic heterocycles. The second-order valence-corrected chi connectivity index (χ2v) is 5.46. The van der Waals surface area contributed by atoms with Crippen LogP contribution in [0.1, 0.15) is 10.4 Å². The highest BCUT2D eigenvalue weighted by Crippen LogP contribution is 2.20. The molecule has 0 spiro atoms. The van der Waals surface area contributed by atoms with E-state index in [9.17, 15) is 22.8 Å². The van der Waals surface area contributed by atoms with Gasteiger partial charge in [0.15, 0.2) is 6.61 Å². The van der Waals surface area contributed by atoms with Crippen LogP contribution in [0, 0.1) is 0 Å². The average molecular weight is 382 g/mol. The first-order valence-electron chi connectivity index (χ1n) is 7.72. The van der Waals surface area contributed by atoms with Gasteiger partial charge in [0.1, 0.15) is 5.75 Å². The van der Waals surface area contributed by atoms with Crippen molar-refractivity contribution in [1.29, 1.82) is 0 Å². The lowest BCUT2D eigenvalue weighted by Gasteiger charge is -2.16. The number of methoxy groups -OCH3 is 1. The molecule has 0 heterocycles. The molecule has 0 aliphatic carbocycles. The number of amides is 2. The molecule has 1 N–H and O–H groups in total. The summed E-state index contributed by atoms with van der Waals surface area (Å²) in [6.07, 6.45) is -4.95. The largest absolute Gasteiger partial charge is 0.484 e. The SMILES string of the molecule is COC(=O)N(C)c1ccc(NC(=O)c2ccc(OCC(F)(F)F)cc2)cc1. The summed E-state index contributed by atoms with van der Waals surface area (Å²) in [5.41, 5.74) is 1.32. The van der Waals surface area contributed by atoms with E-state index in [1.54, 1.807) is 31.3 Å².